The van der Waals surface area contributed by atoms with Crippen LogP contribution in [0.3, 0.4) is 0 Å². The number of piperidine rings is 2. The Bertz CT molecular complexity index is 2680. The molecule has 4 aromatic heterocycles. The van der Waals surface area contributed by atoms with E-state index in [0.717, 1.165) is 68.1 Å². The highest BCUT2D eigenvalue weighted by Gasteiger charge is 2.32. The van der Waals surface area contributed by atoms with Gasteiger partial charge in [-0.1, -0.05) is 17.9 Å². The molecule has 2 saturated heterocycles. The van der Waals surface area contributed by atoms with Gasteiger partial charge in [-0.15, -0.1) is 0 Å². The number of aromatic nitrogens is 7. The smallest absolute Gasteiger partial charge is 0.329 e. The van der Waals surface area contributed by atoms with E-state index in [2.05, 4.69) is 47.5 Å². The van der Waals surface area contributed by atoms with E-state index < -0.39 is 11.9 Å². The zero-order valence-corrected chi connectivity index (χ0v) is 32.5. The summed E-state index contributed by atoms with van der Waals surface area (Å²) in [6.07, 6.45) is 12.0. The molecule has 1 saturated carbocycles. The van der Waals surface area contributed by atoms with Crippen LogP contribution in [0.25, 0.3) is 27.6 Å². The fourth-order valence-corrected chi connectivity index (χ4v) is 8.82. The maximum Gasteiger partial charge on any atom is 0.329 e. The van der Waals surface area contributed by atoms with Crippen LogP contribution in [0.5, 0.6) is 5.75 Å². The third kappa shape index (κ3) is 7.11. The van der Waals surface area contributed by atoms with Gasteiger partial charge in [0.1, 0.15) is 11.8 Å². The summed E-state index contributed by atoms with van der Waals surface area (Å²) >= 11 is 0. The molecule has 6 aromatic rings. The van der Waals surface area contributed by atoms with E-state index in [0.29, 0.717) is 58.9 Å². The van der Waals surface area contributed by atoms with Crippen LogP contribution in [0.4, 0.5) is 5.82 Å². The zero-order valence-electron chi connectivity index (χ0n) is 32.5. The van der Waals surface area contributed by atoms with Crippen molar-refractivity contribution in [3.63, 3.8) is 0 Å². The molecule has 0 bridgehead atoms. The molecule has 1 aliphatic carbocycles. The number of nitrogens with one attached hydrogen (secondary N) is 3. The number of ether oxygens (including phenoxy) is 1. The number of methoxy groups -OCH3 is 1. The number of nitrogens with zero attached hydrogens (tertiary/aromatic N) is 8. The largest absolute Gasteiger partial charge is 0.496 e. The van der Waals surface area contributed by atoms with Gasteiger partial charge in [-0.2, -0.15) is 14.7 Å². The predicted molar refractivity (Wildman–Crippen MR) is 217 cm³/mol. The van der Waals surface area contributed by atoms with Crippen molar-refractivity contribution < 1.29 is 19.1 Å². The summed E-state index contributed by atoms with van der Waals surface area (Å²) in [6, 6.07) is 13.3. The van der Waals surface area contributed by atoms with Crippen LogP contribution >= 0.6 is 0 Å². The maximum absolute atomic E-state index is 13.4. The minimum absolute atomic E-state index is 0.199. The van der Waals surface area contributed by atoms with Crippen molar-refractivity contribution in [1.29, 1.82) is 0 Å². The number of imidazole rings is 2. The minimum atomic E-state index is -0.726. The summed E-state index contributed by atoms with van der Waals surface area (Å²) in [4.78, 5) is 57.7. The highest BCUT2D eigenvalue weighted by Crippen LogP contribution is 2.33. The second kappa shape index (κ2) is 15.6. The first-order valence-corrected chi connectivity index (χ1v) is 19.9. The summed E-state index contributed by atoms with van der Waals surface area (Å²) in [6.45, 7) is 2.54. The van der Waals surface area contributed by atoms with Gasteiger partial charge in [0, 0.05) is 62.5 Å². The lowest BCUT2D eigenvalue weighted by Gasteiger charge is -2.36. The summed E-state index contributed by atoms with van der Waals surface area (Å²) in [7, 11) is 3.25. The van der Waals surface area contributed by atoms with Gasteiger partial charge in [-0.3, -0.25) is 38.4 Å². The number of carbonyl (C=O) groups is 3. The van der Waals surface area contributed by atoms with E-state index in [4.69, 9.17) is 9.84 Å². The molecule has 3 amide bonds. The third-order valence-electron chi connectivity index (χ3n) is 11.9. The van der Waals surface area contributed by atoms with E-state index >= 15 is 0 Å². The van der Waals surface area contributed by atoms with Crippen molar-refractivity contribution in [2.45, 2.75) is 75.5 Å². The van der Waals surface area contributed by atoms with Crippen LogP contribution in [-0.4, -0.2) is 95.0 Å². The quantitative estimate of drug-likeness (QED) is 0.153. The van der Waals surface area contributed by atoms with Crippen LogP contribution in [0.2, 0.25) is 0 Å². The number of fused-ring (bicyclic) bond motifs is 3. The van der Waals surface area contributed by atoms with E-state index in [9.17, 15) is 19.2 Å². The van der Waals surface area contributed by atoms with E-state index in [1.165, 1.54) is 4.57 Å². The summed E-state index contributed by atoms with van der Waals surface area (Å²) < 4.78 is 12.3. The number of imide groups is 1. The SMILES string of the molecule is COc1cc2nn(C3CCC(NC4CCN(CC#Cc5cccc6c5n(C)c(=O)n6C5CCC(=O)NC5=O)CC4)CC3)cc2cc1C(=O)Nc1cnc2cccnn12. The monoisotopic (exact) mass is 783 g/mol. The Labute approximate surface area is 333 Å². The first-order chi connectivity index (χ1) is 28.2. The molecule has 16 heteroatoms. The lowest BCUT2D eigenvalue weighted by Crippen LogP contribution is -2.47. The predicted octanol–water partition coefficient (Wildman–Crippen LogP) is 3.56. The first-order valence-electron chi connectivity index (χ1n) is 19.9. The van der Waals surface area contributed by atoms with Gasteiger partial charge >= 0.3 is 5.69 Å². The van der Waals surface area contributed by atoms with Crippen LogP contribution < -0.4 is 26.4 Å². The highest BCUT2D eigenvalue weighted by molar-refractivity contribution is 6.08. The summed E-state index contributed by atoms with van der Waals surface area (Å²) in [5.74, 6) is 6.49. The van der Waals surface area contributed by atoms with Crippen LogP contribution in [-0.2, 0) is 16.6 Å². The number of amides is 3. The maximum atomic E-state index is 13.4. The van der Waals surface area contributed by atoms with Crippen LogP contribution in [0.1, 0.15) is 79.4 Å². The number of para-hydroxylation sites is 1. The Kier molecular flexibility index (Phi) is 10.00. The molecule has 0 radical (unpaired) electrons. The zero-order chi connectivity index (χ0) is 39.9. The standard InChI is InChI=1S/C42H45N11O5/c1-49-39-26(6-3-8-33(39)52(42(49)57)34-14-15-38(54)47-41(34)56)7-5-19-50-20-16-29(17-21-50)45-28-10-12-30(13-11-28)51-25-27-22-31(35(58-2)23-32(27)48-51)40(55)46-37-24-43-36-9-4-18-44-53(36)37/h3-4,6,8-9,18,22-25,28-30,34,45H,10-17,19-21H2,1-2H3,(H,46,55)(H,47,54,56). The Morgan fingerprint density at radius 3 is 2.60 bits per heavy atom. The fourth-order valence-electron chi connectivity index (χ4n) is 8.82. The molecule has 3 aliphatic rings. The number of aryl methyl sites for hydroxylation is 1. The van der Waals surface area contributed by atoms with Crippen molar-refractivity contribution >= 4 is 51.1 Å². The summed E-state index contributed by atoms with van der Waals surface area (Å²) in [5, 5.41) is 19.3. The lowest BCUT2D eigenvalue weighted by molar-refractivity contribution is -0.135. The van der Waals surface area contributed by atoms with Gasteiger partial charge in [0.05, 0.1) is 53.6 Å². The Morgan fingerprint density at radius 2 is 1.81 bits per heavy atom. The second-order valence-corrected chi connectivity index (χ2v) is 15.5. The van der Waals surface area contributed by atoms with Crippen molar-refractivity contribution in [3.05, 3.63) is 82.7 Å². The molecule has 3 N–H and O–H groups in total. The third-order valence-corrected chi connectivity index (χ3v) is 11.9. The molecule has 9 rings (SSSR count). The Balaban J connectivity index is 0.773. The van der Waals surface area contributed by atoms with Gasteiger partial charge in [0.25, 0.3) is 5.91 Å². The number of hydrogen-bond acceptors (Lipinski definition) is 10. The number of anilines is 1. The molecular weight excluding hydrogens is 739 g/mol. The van der Waals surface area contributed by atoms with Crippen LogP contribution in [0, 0.1) is 11.8 Å². The molecule has 1 unspecified atom stereocenters. The van der Waals surface area contributed by atoms with Gasteiger partial charge in [0.15, 0.2) is 11.5 Å². The van der Waals surface area contributed by atoms with Gasteiger partial charge < -0.3 is 15.4 Å². The Morgan fingerprint density at radius 1 is 1.00 bits per heavy atom. The number of rotatable bonds is 8. The first kappa shape index (κ1) is 37.3. The van der Waals surface area contributed by atoms with Crippen molar-refractivity contribution in [3.8, 4) is 17.6 Å². The molecule has 2 aliphatic heterocycles. The molecule has 2 aromatic carbocycles. The molecule has 58 heavy (non-hydrogen) atoms. The van der Waals surface area contributed by atoms with Gasteiger partial charge in [0.2, 0.25) is 11.8 Å². The van der Waals surface area contributed by atoms with Crippen molar-refractivity contribution in [1.82, 2.24) is 49.0 Å². The second-order valence-electron chi connectivity index (χ2n) is 15.5. The topological polar surface area (TPSA) is 175 Å². The molecule has 6 heterocycles. The Hall–Kier alpha value is -6.31. The molecule has 0 spiro atoms. The molecular formula is C42H45N11O5. The fraction of sp³-hybridized carbons (Fsp3) is 0.405. The number of carbonyl (C=O) groups excluding carboxylic acids is 3. The molecule has 3 fully saturated rings. The molecule has 16 nitrogen and oxygen atoms in total. The van der Waals surface area contributed by atoms with E-state index in [1.807, 2.05) is 42.6 Å². The van der Waals surface area contributed by atoms with Gasteiger partial charge in [-0.25, -0.2) is 9.78 Å². The minimum Gasteiger partial charge on any atom is -0.496 e. The highest BCUT2D eigenvalue weighted by atomic mass is 16.5. The van der Waals surface area contributed by atoms with Gasteiger partial charge in [-0.05, 0) is 75.3 Å². The average molecular weight is 784 g/mol. The summed E-state index contributed by atoms with van der Waals surface area (Å²) in [5.41, 5.74) is 3.61. The lowest BCUT2D eigenvalue weighted by atomic mass is 9.90. The van der Waals surface area contributed by atoms with Crippen molar-refractivity contribution in [2.75, 3.05) is 32.1 Å². The molecule has 1 atom stereocenters. The normalized spacial score (nSPS) is 20.6. The van der Waals surface area contributed by atoms with E-state index in [1.54, 1.807) is 41.7 Å². The average Bonchev–Trinajstić information content (AvgIpc) is 3.92. The number of likely N-dealkylation sites (tertiary alicyclic amines) is 1. The van der Waals surface area contributed by atoms with Crippen LogP contribution in [0.15, 0.2) is 65.8 Å². The number of benzene rings is 2. The van der Waals surface area contributed by atoms with E-state index in [-0.39, 0.29) is 30.0 Å². The van der Waals surface area contributed by atoms with Crippen molar-refractivity contribution in [2.24, 2.45) is 7.05 Å². The molecule has 298 valence electrons. The number of hydrogen-bond donors (Lipinski definition) is 3.